The number of Topliss-reactive ketones (excluding diaryl/α,β-unsaturated/α-hetero) is 1. The second kappa shape index (κ2) is 9.93. The van der Waals surface area contributed by atoms with E-state index in [1.165, 1.54) is 7.11 Å². The number of carbonyl (C=O) groups excluding carboxylic acids is 1. The summed E-state index contributed by atoms with van der Waals surface area (Å²) in [6.45, 7) is 3.86. The van der Waals surface area contributed by atoms with E-state index in [1.807, 2.05) is 38.1 Å². The van der Waals surface area contributed by atoms with E-state index in [0.29, 0.717) is 41.0 Å². The molecule has 0 radical (unpaired) electrons. The first-order valence-electron chi connectivity index (χ1n) is 10.8. The molecule has 0 N–H and O–H groups in total. The number of aromatic nitrogens is 2. The zero-order valence-electron chi connectivity index (χ0n) is 19.7. The number of hydrogen-bond acceptors (Lipinski definition) is 8. The number of aryl methyl sites for hydroxylation is 1. The summed E-state index contributed by atoms with van der Waals surface area (Å²) in [5.41, 5.74) is 3.07. The Morgan fingerprint density at radius 2 is 1.59 bits per heavy atom. The highest BCUT2D eigenvalue weighted by molar-refractivity contribution is 5.98. The van der Waals surface area contributed by atoms with Crippen LogP contribution in [0, 0.1) is 6.92 Å². The number of ether oxygens (including phenoxy) is 3. The van der Waals surface area contributed by atoms with E-state index >= 15 is 0 Å². The Bertz CT molecular complexity index is 1260. The van der Waals surface area contributed by atoms with Gasteiger partial charge in [-0.3, -0.25) is 4.79 Å². The van der Waals surface area contributed by atoms with Gasteiger partial charge in [0.15, 0.2) is 5.76 Å². The first-order chi connectivity index (χ1) is 16.5. The van der Waals surface area contributed by atoms with E-state index in [0.717, 1.165) is 16.7 Å². The Kier molecular flexibility index (Phi) is 6.79. The minimum Gasteiger partial charge on any atom is -0.496 e. The van der Waals surface area contributed by atoms with Crippen LogP contribution < -0.4 is 9.47 Å². The third kappa shape index (κ3) is 4.45. The predicted octanol–water partition coefficient (Wildman–Crippen LogP) is 5.46. The number of carbonyl (C=O) groups is 1. The molecule has 176 valence electrons. The molecule has 0 spiro atoms. The molecule has 0 aliphatic heterocycles. The SMILES string of the molecule is CCc1nnc(-c2ccc(C(OC)C(=O)c3ccc(-c4cc(OC)c(C)c(OC)c4)o3)cc2)o1. The van der Waals surface area contributed by atoms with Crippen molar-refractivity contribution in [3.63, 3.8) is 0 Å². The molecule has 0 amide bonds. The molecular weight excluding hydrogens is 436 g/mol. The van der Waals surface area contributed by atoms with Crippen molar-refractivity contribution in [1.29, 1.82) is 0 Å². The van der Waals surface area contributed by atoms with E-state index in [-0.39, 0.29) is 11.5 Å². The second-order valence-corrected chi connectivity index (χ2v) is 7.63. The predicted molar refractivity (Wildman–Crippen MR) is 125 cm³/mol. The Labute approximate surface area is 197 Å². The van der Waals surface area contributed by atoms with Gasteiger partial charge in [0.05, 0.1) is 14.2 Å². The summed E-state index contributed by atoms with van der Waals surface area (Å²) in [6, 6.07) is 14.3. The fourth-order valence-corrected chi connectivity index (χ4v) is 3.69. The molecule has 0 fully saturated rings. The van der Waals surface area contributed by atoms with Gasteiger partial charge in [-0.05, 0) is 48.9 Å². The van der Waals surface area contributed by atoms with Crippen LogP contribution in [-0.2, 0) is 11.2 Å². The average Bonchev–Trinajstić information content (AvgIpc) is 3.55. The fraction of sp³-hybridized carbons (Fsp3) is 0.269. The van der Waals surface area contributed by atoms with Gasteiger partial charge >= 0.3 is 0 Å². The molecule has 2 aromatic carbocycles. The molecular formula is C26H26N2O6. The van der Waals surface area contributed by atoms with Crippen LogP contribution in [0.25, 0.3) is 22.8 Å². The van der Waals surface area contributed by atoms with Crippen molar-refractivity contribution in [2.75, 3.05) is 21.3 Å². The molecule has 0 saturated carbocycles. The van der Waals surface area contributed by atoms with Crippen molar-refractivity contribution in [2.45, 2.75) is 26.4 Å². The van der Waals surface area contributed by atoms with Crippen molar-refractivity contribution < 1.29 is 27.8 Å². The number of rotatable bonds is 9. The number of nitrogens with zero attached hydrogens (tertiary/aromatic N) is 2. The van der Waals surface area contributed by atoms with Crippen LogP contribution in [0.1, 0.15) is 40.6 Å². The average molecular weight is 463 g/mol. The van der Waals surface area contributed by atoms with E-state index in [1.54, 1.807) is 38.5 Å². The lowest BCUT2D eigenvalue weighted by atomic mass is 10.0. The van der Waals surface area contributed by atoms with Gasteiger partial charge in [0, 0.05) is 30.2 Å². The first kappa shape index (κ1) is 23.3. The normalized spacial score (nSPS) is 11.9. The maximum absolute atomic E-state index is 13.2. The third-order valence-corrected chi connectivity index (χ3v) is 5.59. The third-order valence-electron chi connectivity index (χ3n) is 5.59. The van der Waals surface area contributed by atoms with E-state index < -0.39 is 6.10 Å². The summed E-state index contributed by atoms with van der Waals surface area (Å²) >= 11 is 0. The van der Waals surface area contributed by atoms with Crippen LogP contribution in [0.3, 0.4) is 0 Å². The molecule has 8 heteroatoms. The molecule has 4 aromatic rings. The van der Waals surface area contributed by atoms with E-state index in [4.69, 9.17) is 23.0 Å². The number of furan rings is 1. The quantitative estimate of drug-likeness (QED) is 0.303. The lowest BCUT2D eigenvalue weighted by Gasteiger charge is -2.14. The summed E-state index contributed by atoms with van der Waals surface area (Å²) < 4.78 is 27.9. The van der Waals surface area contributed by atoms with Gasteiger partial charge in [0.1, 0.15) is 23.4 Å². The summed E-state index contributed by atoms with van der Waals surface area (Å²) in [4.78, 5) is 13.2. The van der Waals surface area contributed by atoms with Crippen LogP contribution in [0.15, 0.2) is 57.4 Å². The molecule has 8 nitrogen and oxygen atoms in total. The summed E-state index contributed by atoms with van der Waals surface area (Å²) in [5, 5.41) is 8.03. The molecule has 1 unspecified atom stereocenters. The second-order valence-electron chi connectivity index (χ2n) is 7.63. The Morgan fingerprint density at radius 3 is 2.15 bits per heavy atom. The summed E-state index contributed by atoms with van der Waals surface area (Å²) in [5.74, 6) is 2.76. The largest absolute Gasteiger partial charge is 0.496 e. The van der Waals surface area contributed by atoms with Gasteiger partial charge in [-0.25, -0.2) is 0 Å². The molecule has 0 aliphatic carbocycles. The highest BCUT2D eigenvalue weighted by atomic mass is 16.5. The van der Waals surface area contributed by atoms with Crippen LogP contribution >= 0.6 is 0 Å². The van der Waals surface area contributed by atoms with Gasteiger partial charge in [-0.1, -0.05) is 19.1 Å². The standard InChI is InChI=1S/C26H26N2O6/c1-6-23-27-28-26(34-23)17-9-7-16(8-10-17)25(32-5)24(29)20-12-11-19(33-20)18-13-21(30-3)15(2)22(14-18)31-4/h7-14,25H,6H2,1-5H3. The van der Waals surface area contributed by atoms with Crippen LogP contribution in [0.4, 0.5) is 0 Å². The van der Waals surface area contributed by atoms with E-state index in [9.17, 15) is 4.79 Å². The van der Waals surface area contributed by atoms with Gasteiger partial charge in [-0.2, -0.15) is 0 Å². The zero-order valence-corrected chi connectivity index (χ0v) is 19.7. The summed E-state index contributed by atoms with van der Waals surface area (Å²) in [6.07, 6.45) is -0.164. The minimum absolute atomic E-state index is 0.189. The van der Waals surface area contributed by atoms with Crippen molar-refractivity contribution in [1.82, 2.24) is 10.2 Å². The lowest BCUT2D eigenvalue weighted by Crippen LogP contribution is -2.14. The van der Waals surface area contributed by atoms with Gasteiger partial charge in [0.2, 0.25) is 17.6 Å². The van der Waals surface area contributed by atoms with Crippen LogP contribution in [0.5, 0.6) is 11.5 Å². The van der Waals surface area contributed by atoms with Crippen molar-refractivity contribution >= 4 is 5.78 Å². The molecule has 34 heavy (non-hydrogen) atoms. The zero-order chi connectivity index (χ0) is 24.2. The van der Waals surface area contributed by atoms with E-state index in [2.05, 4.69) is 10.2 Å². The number of methoxy groups -OCH3 is 3. The topological polar surface area (TPSA) is 96.8 Å². The fourth-order valence-electron chi connectivity index (χ4n) is 3.69. The molecule has 1 atom stereocenters. The van der Waals surface area contributed by atoms with Crippen molar-refractivity contribution in [3.05, 3.63) is 71.3 Å². The number of hydrogen-bond donors (Lipinski definition) is 0. The summed E-state index contributed by atoms with van der Waals surface area (Å²) in [7, 11) is 4.68. The highest BCUT2D eigenvalue weighted by Gasteiger charge is 2.25. The Hall–Kier alpha value is -3.91. The van der Waals surface area contributed by atoms with Gasteiger partial charge in [0.25, 0.3) is 0 Å². The maximum Gasteiger partial charge on any atom is 0.247 e. The maximum atomic E-state index is 13.2. The van der Waals surface area contributed by atoms with Crippen LogP contribution in [0.2, 0.25) is 0 Å². The molecule has 0 bridgehead atoms. The van der Waals surface area contributed by atoms with Crippen molar-refractivity contribution in [2.24, 2.45) is 0 Å². The number of benzene rings is 2. The molecule has 0 saturated heterocycles. The van der Waals surface area contributed by atoms with Crippen molar-refractivity contribution in [3.8, 4) is 34.3 Å². The minimum atomic E-state index is -0.830. The first-order valence-corrected chi connectivity index (χ1v) is 10.8. The molecule has 4 rings (SSSR count). The molecule has 0 aliphatic rings. The van der Waals surface area contributed by atoms with Crippen LogP contribution in [-0.4, -0.2) is 37.3 Å². The number of ketones is 1. The smallest absolute Gasteiger partial charge is 0.247 e. The van der Waals surface area contributed by atoms with Gasteiger partial charge < -0.3 is 23.0 Å². The molecule has 2 aromatic heterocycles. The van der Waals surface area contributed by atoms with Gasteiger partial charge in [-0.15, -0.1) is 10.2 Å². The molecule has 2 heterocycles. The monoisotopic (exact) mass is 462 g/mol. The Balaban J connectivity index is 1.58. The lowest BCUT2D eigenvalue weighted by molar-refractivity contribution is 0.0577. The Morgan fingerprint density at radius 1 is 0.912 bits per heavy atom. The highest BCUT2D eigenvalue weighted by Crippen LogP contribution is 2.36.